The Morgan fingerprint density at radius 3 is 2.44 bits per heavy atom. The van der Waals surface area contributed by atoms with Gasteiger partial charge >= 0.3 is 0 Å². The molecule has 0 unspecified atom stereocenters. The van der Waals surface area contributed by atoms with E-state index in [0.717, 1.165) is 18.5 Å². The first-order valence-corrected chi connectivity index (χ1v) is 8.16. The van der Waals surface area contributed by atoms with Crippen LogP contribution in [0.1, 0.15) is 37.4 Å². The summed E-state index contributed by atoms with van der Waals surface area (Å²) in [5.41, 5.74) is 6.57. The Morgan fingerprint density at radius 2 is 2.00 bits per heavy atom. The number of nitrogens with zero attached hydrogens (tertiary/aromatic N) is 1. The molecule has 0 aliphatic heterocycles. The van der Waals surface area contributed by atoms with Crippen LogP contribution in [0.15, 0.2) is 5.38 Å². The summed E-state index contributed by atoms with van der Waals surface area (Å²) < 4.78 is 22.3. The first-order valence-electron chi connectivity index (χ1n) is 5.22. The quantitative estimate of drug-likeness (QED) is 0.876. The van der Waals surface area contributed by atoms with Crippen LogP contribution in [0, 0.1) is 0 Å². The van der Waals surface area contributed by atoms with E-state index in [1.807, 2.05) is 19.2 Å². The number of hydrogen-bond acceptors (Lipinski definition) is 5. The van der Waals surface area contributed by atoms with E-state index in [1.165, 1.54) is 17.6 Å². The van der Waals surface area contributed by atoms with Crippen molar-refractivity contribution in [2.45, 2.75) is 38.0 Å². The van der Waals surface area contributed by atoms with Crippen LogP contribution in [-0.2, 0) is 21.1 Å². The molecular weight excluding hydrogens is 244 g/mol. The van der Waals surface area contributed by atoms with Crippen LogP contribution in [-0.4, -0.2) is 19.7 Å². The average Bonchev–Trinajstić information content (AvgIpc) is 2.63. The van der Waals surface area contributed by atoms with Gasteiger partial charge in [0, 0.05) is 11.6 Å². The molecule has 4 nitrogen and oxygen atoms in total. The lowest BCUT2D eigenvalue weighted by Crippen LogP contribution is -2.35. The van der Waals surface area contributed by atoms with Crippen LogP contribution >= 0.6 is 11.3 Å². The van der Waals surface area contributed by atoms with Gasteiger partial charge in [0.1, 0.15) is 10.8 Å². The van der Waals surface area contributed by atoms with E-state index in [-0.39, 0.29) is 5.75 Å². The van der Waals surface area contributed by atoms with Gasteiger partial charge in [-0.15, -0.1) is 11.3 Å². The highest BCUT2D eigenvalue weighted by atomic mass is 32.2. The number of nitrogens with two attached hydrogens (primary N) is 1. The number of rotatable bonds is 5. The van der Waals surface area contributed by atoms with Gasteiger partial charge in [0.15, 0.2) is 9.84 Å². The second-order valence-electron chi connectivity index (χ2n) is 4.06. The van der Waals surface area contributed by atoms with Gasteiger partial charge in [0.25, 0.3) is 0 Å². The third-order valence-corrected chi connectivity index (χ3v) is 4.54. The maximum absolute atomic E-state index is 11.1. The maximum atomic E-state index is 11.1. The third-order valence-electron chi connectivity index (χ3n) is 2.71. The number of sulfone groups is 1. The topological polar surface area (TPSA) is 73.1 Å². The molecule has 1 aromatic rings. The summed E-state index contributed by atoms with van der Waals surface area (Å²) in [5.74, 6) is 0.00117. The van der Waals surface area contributed by atoms with Crippen LogP contribution in [0.4, 0.5) is 0 Å². The molecule has 2 N–H and O–H groups in total. The maximum Gasteiger partial charge on any atom is 0.153 e. The Kier molecular flexibility index (Phi) is 4.09. The average molecular weight is 262 g/mol. The summed E-state index contributed by atoms with van der Waals surface area (Å²) in [6.45, 7) is 4.03. The summed E-state index contributed by atoms with van der Waals surface area (Å²) in [5, 5.41) is 2.49. The Hall–Kier alpha value is -0.460. The molecule has 16 heavy (non-hydrogen) atoms. The molecule has 0 spiro atoms. The molecule has 0 amide bonds. The third kappa shape index (κ3) is 3.26. The first-order chi connectivity index (χ1) is 7.30. The van der Waals surface area contributed by atoms with Gasteiger partial charge in [-0.3, -0.25) is 0 Å². The highest BCUT2D eigenvalue weighted by Gasteiger charge is 2.26. The van der Waals surface area contributed by atoms with Crippen LogP contribution in [0.5, 0.6) is 0 Å². The number of thiazole rings is 1. The summed E-state index contributed by atoms with van der Waals surface area (Å²) in [6.07, 6.45) is 2.81. The lowest BCUT2D eigenvalue weighted by Gasteiger charge is -2.24. The van der Waals surface area contributed by atoms with E-state index in [2.05, 4.69) is 4.98 Å². The van der Waals surface area contributed by atoms with E-state index >= 15 is 0 Å². The normalized spacial score (nSPS) is 13.0. The molecule has 0 saturated heterocycles. The molecule has 0 atom stereocenters. The van der Waals surface area contributed by atoms with Crippen LogP contribution in [0.3, 0.4) is 0 Å². The van der Waals surface area contributed by atoms with Crippen molar-refractivity contribution in [3.05, 3.63) is 16.1 Å². The zero-order chi connectivity index (χ0) is 12.4. The molecular formula is C10H18N2O2S2. The van der Waals surface area contributed by atoms with Gasteiger partial charge in [-0.1, -0.05) is 13.8 Å². The molecule has 0 fully saturated rings. The lowest BCUT2D eigenvalue weighted by molar-refractivity contribution is 0.402. The molecule has 0 bridgehead atoms. The van der Waals surface area contributed by atoms with Crippen LogP contribution in [0.25, 0.3) is 0 Å². The van der Waals surface area contributed by atoms with Crippen LogP contribution < -0.4 is 5.73 Å². The van der Waals surface area contributed by atoms with Gasteiger partial charge in [-0.05, 0) is 12.8 Å². The molecule has 0 aliphatic rings. The predicted octanol–water partition coefficient (Wildman–Crippen LogP) is 1.66. The van der Waals surface area contributed by atoms with E-state index in [4.69, 9.17) is 5.73 Å². The summed E-state index contributed by atoms with van der Waals surface area (Å²) in [6, 6.07) is 0. The predicted molar refractivity (Wildman–Crippen MR) is 67.1 cm³/mol. The largest absolute Gasteiger partial charge is 0.320 e. The molecule has 1 heterocycles. The van der Waals surface area contributed by atoms with Gasteiger partial charge in [0.2, 0.25) is 0 Å². The Balaban J connectivity index is 2.95. The molecule has 0 saturated carbocycles. The molecule has 92 valence electrons. The van der Waals surface area contributed by atoms with E-state index in [1.54, 1.807) is 0 Å². The van der Waals surface area contributed by atoms with E-state index in [9.17, 15) is 8.42 Å². The van der Waals surface area contributed by atoms with Crippen molar-refractivity contribution in [2.75, 3.05) is 6.26 Å². The molecule has 0 radical (unpaired) electrons. The standard InChI is InChI=1S/C10H18N2O2S2/c1-4-10(11,5-2)8-6-15-9(12-8)7-16(3,13)14/h6H,4-5,7,11H2,1-3H3. The van der Waals surface area contributed by atoms with Gasteiger partial charge in [-0.2, -0.15) is 0 Å². The molecule has 1 aromatic heterocycles. The summed E-state index contributed by atoms with van der Waals surface area (Å²) in [7, 11) is -3.02. The van der Waals surface area contributed by atoms with Gasteiger partial charge in [-0.25, -0.2) is 13.4 Å². The second kappa shape index (κ2) is 4.81. The van der Waals surface area contributed by atoms with Crippen LogP contribution in [0.2, 0.25) is 0 Å². The van der Waals surface area contributed by atoms with Crippen molar-refractivity contribution >= 4 is 21.2 Å². The van der Waals surface area contributed by atoms with Crippen molar-refractivity contribution in [1.82, 2.24) is 4.98 Å². The molecule has 6 heteroatoms. The Bertz CT molecular complexity index is 447. The minimum atomic E-state index is -3.02. The summed E-state index contributed by atoms with van der Waals surface area (Å²) >= 11 is 1.36. The molecule has 1 rings (SSSR count). The molecule has 0 aliphatic carbocycles. The minimum Gasteiger partial charge on any atom is -0.320 e. The monoisotopic (exact) mass is 262 g/mol. The fourth-order valence-electron chi connectivity index (χ4n) is 1.44. The minimum absolute atomic E-state index is 0.00117. The fourth-order valence-corrected chi connectivity index (χ4v) is 3.56. The zero-order valence-corrected chi connectivity index (χ0v) is 11.5. The Labute approximate surface area is 101 Å². The van der Waals surface area contributed by atoms with Crippen molar-refractivity contribution in [1.29, 1.82) is 0 Å². The van der Waals surface area contributed by atoms with Gasteiger partial charge in [0.05, 0.1) is 11.2 Å². The smallest absolute Gasteiger partial charge is 0.153 e. The first kappa shape index (κ1) is 13.6. The Morgan fingerprint density at radius 1 is 1.44 bits per heavy atom. The summed E-state index contributed by atoms with van der Waals surface area (Å²) in [4.78, 5) is 4.32. The SMILES string of the molecule is CCC(N)(CC)c1csc(CS(C)(=O)=O)n1. The highest BCUT2D eigenvalue weighted by Crippen LogP contribution is 2.27. The molecule has 0 aromatic carbocycles. The highest BCUT2D eigenvalue weighted by molar-refractivity contribution is 7.90. The lowest BCUT2D eigenvalue weighted by atomic mass is 9.91. The number of aromatic nitrogens is 1. The zero-order valence-electron chi connectivity index (χ0n) is 9.86. The van der Waals surface area contributed by atoms with Crippen molar-refractivity contribution in [3.8, 4) is 0 Å². The second-order valence-corrected chi connectivity index (χ2v) is 7.14. The number of hydrogen-bond donors (Lipinski definition) is 1. The van der Waals surface area contributed by atoms with Gasteiger partial charge < -0.3 is 5.73 Å². The van der Waals surface area contributed by atoms with Crippen molar-refractivity contribution < 1.29 is 8.42 Å². The van der Waals surface area contributed by atoms with E-state index in [0.29, 0.717) is 5.01 Å². The van der Waals surface area contributed by atoms with Crippen molar-refractivity contribution in [2.24, 2.45) is 5.73 Å². The van der Waals surface area contributed by atoms with E-state index < -0.39 is 15.4 Å². The van der Waals surface area contributed by atoms with Crippen molar-refractivity contribution in [3.63, 3.8) is 0 Å². The fraction of sp³-hybridized carbons (Fsp3) is 0.700.